The Labute approximate surface area is 194 Å². The molecule has 1 fully saturated rings. The van der Waals surface area contributed by atoms with Crippen molar-refractivity contribution >= 4 is 27.5 Å². The van der Waals surface area contributed by atoms with E-state index in [4.69, 9.17) is 4.74 Å². The third-order valence-corrected chi connectivity index (χ3v) is 7.66. The zero-order valence-corrected chi connectivity index (χ0v) is 18.9. The van der Waals surface area contributed by atoms with Crippen LogP contribution in [-0.4, -0.2) is 61.7 Å². The number of ether oxygens (including phenoxy) is 1. The molecule has 0 radical (unpaired) electrons. The lowest BCUT2D eigenvalue weighted by Crippen LogP contribution is -2.50. The van der Waals surface area contributed by atoms with Gasteiger partial charge in [-0.3, -0.25) is 9.59 Å². The van der Waals surface area contributed by atoms with E-state index in [9.17, 15) is 31.2 Å². The van der Waals surface area contributed by atoms with Crippen LogP contribution in [-0.2, 0) is 21.0 Å². The van der Waals surface area contributed by atoms with E-state index < -0.39 is 33.8 Å². The maximum Gasteiger partial charge on any atom is 0.416 e. The molecule has 8 nitrogen and oxygen atoms in total. The molecule has 0 spiro atoms. The minimum Gasteiger partial charge on any atom is -0.478 e. The van der Waals surface area contributed by atoms with Gasteiger partial charge < -0.3 is 15.0 Å². The Balaban J connectivity index is 1.43. The molecular weight excluding hydrogens is 475 g/mol. The van der Waals surface area contributed by atoms with Gasteiger partial charge in [0.15, 0.2) is 6.10 Å². The predicted octanol–water partition coefficient (Wildman–Crippen LogP) is 2.96. The average Bonchev–Trinajstić information content (AvgIpc) is 2.82. The van der Waals surface area contributed by atoms with Gasteiger partial charge in [0.25, 0.3) is 11.8 Å². The highest BCUT2D eigenvalue weighted by Gasteiger charge is 2.34. The zero-order chi connectivity index (χ0) is 24.7. The van der Waals surface area contributed by atoms with Crippen molar-refractivity contribution in [3.8, 4) is 5.75 Å². The molecule has 1 N–H and O–H groups in total. The first-order valence-electron chi connectivity index (χ1n) is 10.6. The number of fused-ring (bicyclic) bond motifs is 1. The van der Waals surface area contributed by atoms with Crippen LogP contribution in [0.5, 0.6) is 5.75 Å². The monoisotopic (exact) mass is 497 g/mol. The van der Waals surface area contributed by atoms with Gasteiger partial charge in [0.1, 0.15) is 5.75 Å². The van der Waals surface area contributed by atoms with Crippen molar-refractivity contribution < 1.29 is 35.9 Å². The molecule has 0 aliphatic carbocycles. The number of carbonyl (C=O) groups is 2. The lowest BCUT2D eigenvalue weighted by atomic mass is 10.1. The second-order valence-electron chi connectivity index (χ2n) is 7.93. The van der Waals surface area contributed by atoms with Gasteiger partial charge in [-0.1, -0.05) is 6.92 Å². The first-order chi connectivity index (χ1) is 16.0. The van der Waals surface area contributed by atoms with Crippen molar-refractivity contribution in [3.05, 3.63) is 53.6 Å². The fraction of sp³-hybridized carbons (Fsp3) is 0.364. The van der Waals surface area contributed by atoms with Crippen LogP contribution in [0.3, 0.4) is 0 Å². The number of amides is 2. The van der Waals surface area contributed by atoms with Gasteiger partial charge in [-0.25, -0.2) is 8.42 Å². The lowest BCUT2D eigenvalue weighted by molar-refractivity contribution is -0.137. The first-order valence-corrected chi connectivity index (χ1v) is 12.0. The molecular formula is C22H22F3N3O5S. The molecule has 34 heavy (non-hydrogen) atoms. The molecule has 1 saturated heterocycles. The zero-order valence-electron chi connectivity index (χ0n) is 18.1. The third-order valence-electron chi connectivity index (χ3n) is 5.76. The smallest absolute Gasteiger partial charge is 0.416 e. The van der Waals surface area contributed by atoms with Crippen LogP contribution in [0.1, 0.15) is 29.3 Å². The number of nitrogens with zero attached hydrogens (tertiary/aromatic N) is 2. The lowest BCUT2D eigenvalue weighted by Gasteiger charge is -2.34. The van der Waals surface area contributed by atoms with Crippen LogP contribution in [0.15, 0.2) is 47.4 Å². The summed E-state index contributed by atoms with van der Waals surface area (Å²) in [7, 11) is -3.90. The molecule has 0 saturated carbocycles. The van der Waals surface area contributed by atoms with Crippen molar-refractivity contribution in [2.75, 3.05) is 31.5 Å². The van der Waals surface area contributed by atoms with Crippen LogP contribution in [0.25, 0.3) is 0 Å². The minimum absolute atomic E-state index is 0.0204. The van der Waals surface area contributed by atoms with E-state index in [1.54, 1.807) is 6.92 Å². The molecule has 182 valence electrons. The highest BCUT2D eigenvalue weighted by Crippen LogP contribution is 2.34. The molecule has 2 amide bonds. The van der Waals surface area contributed by atoms with E-state index in [0.717, 1.165) is 24.3 Å². The number of alkyl halides is 3. The molecule has 4 rings (SSSR count). The number of benzene rings is 2. The summed E-state index contributed by atoms with van der Waals surface area (Å²) in [6.07, 6.45) is -4.66. The summed E-state index contributed by atoms with van der Waals surface area (Å²) in [5, 5.41) is 2.66. The Bertz CT molecular complexity index is 1210. The summed E-state index contributed by atoms with van der Waals surface area (Å²) in [5.41, 5.74) is -0.483. The Hall–Kier alpha value is -3.12. The van der Waals surface area contributed by atoms with E-state index in [1.807, 2.05) is 0 Å². The predicted molar refractivity (Wildman–Crippen MR) is 116 cm³/mol. The summed E-state index contributed by atoms with van der Waals surface area (Å²) in [4.78, 5) is 26.1. The number of halogens is 3. The van der Waals surface area contributed by atoms with E-state index in [0.29, 0.717) is 12.2 Å². The molecule has 12 heteroatoms. The van der Waals surface area contributed by atoms with E-state index in [-0.39, 0.29) is 48.2 Å². The maximum absolute atomic E-state index is 13.1. The number of hydrogen-bond acceptors (Lipinski definition) is 5. The number of anilines is 1. The Morgan fingerprint density at radius 1 is 1.09 bits per heavy atom. The summed E-state index contributed by atoms with van der Waals surface area (Å²) < 4.78 is 71.2. The Kier molecular flexibility index (Phi) is 6.30. The fourth-order valence-electron chi connectivity index (χ4n) is 3.82. The van der Waals surface area contributed by atoms with E-state index in [2.05, 4.69) is 5.32 Å². The standard InChI is InChI=1S/C22H22F3N3O5S/c1-2-18-20(29)26-17-13-16(7-8-19(17)33-18)34(31,32)28-11-9-27(10-12-28)21(30)14-3-5-15(6-4-14)22(23,24)25/h3-8,13,18H,2,9-12H2,1H3,(H,26,29)/t18-/m1/s1. The fourth-order valence-corrected chi connectivity index (χ4v) is 5.27. The molecule has 0 bridgehead atoms. The largest absolute Gasteiger partial charge is 0.478 e. The maximum atomic E-state index is 13.1. The van der Waals surface area contributed by atoms with Gasteiger partial charge in [0, 0.05) is 31.7 Å². The normalized spacial score (nSPS) is 19.2. The second kappa shape index (κ2) is 8.91. The summed E-state index contributed by atoms with van der Waals surface area (Å²) in [5.74, 6) is -0.429. The summed E-state index contributed by atoms with van der Waals surface area (Å²) in [6.45, 7) is 2.01. The van der Waals surface area contributed by atoms with Crippen LogP contribution < -0.4 is 10.1 Å². The van der Waals surface area contributed by atoms with Gasteiger partial charge in [-0.15, -0.1) is 0 Å². The van der Waals surface area contributed by atoms with Crippen molar-refractivity contribution in [1.29, 1.82) is 0 Å². The number of sulfonamides is 1. The van der Waals surface area contributed by atoms with Gasteiger partial charge in [0.2, 0.25) is 10.0 Å². The van der Waals surface area contributed by atoms with Gasteiger partial charge in [-0.2, -0.15) is 17.5 Å². The first kappa shape index (κ1) is 24.0. The van der Waals surface area contributed by atoms with Crippen molar-refractivity contribution in [2.24, 2.45) is 0 Å². The highest BCUT2D eigenvalue weighted by atomic mass is 32.2. The molecule has 2 aliphatic heterocycles. The van der Waals surface area contributed by atoms with Crippen molar-refractivity contribution in [3.63, 3.8) is 0 Å². The average molecular weight is 497 g/mol. The Morgan fingerprint density at radius 3 is 2.32 bits per heavy atom. The molecule has 2 aromatic rings. The van der Waals surface area contributed by atoms with Crippen LogP contribution in [0.2, 0.25) is 0 Å². The number of rotatable bonds is 4. The van der Waals surface area contributed by atoms with Crippen LogP contribution >= 0.6 is 0 Å². The highest BCUT2D eigenvalue weighted by molar-refractivity contribution is 7.89. The van der Waals surface area contributed by atoms with Crippen LogP contribution in [0, 0.1) is 0 Å². The number of piperazine rings is 1. The summed E-state index contributed by atoms with van der Waals surface area (Å²) in [6, 6.07) is 8.15. The SMILES string of the molecule is CC[C@H]1Oc2ccc(S(=O)(=O)N3CCN(C(=O)c4ccc(C(F)(F)F)cc4)CC3)cc2NC1=O. The van der Waals surface area contributed by atoms with Crippen molar-refractivity contribution in [2.45, 2.75) is 30.5 Å². The second-order valence-corrected chi connectivity index (χ2v) is 9.87. The molecule has 0 aromatic heterocycles. The summed E-state index contributed by atoms with van der Waals surface area (Å²) >= 11 is 0. The van der Waals surface area contributed by atoms with Gasteiger partial charge >= 0.3 is 6.18 Å². The van der Waals surface area contributed by atoms with Crippen LogP contribution in [0.4, 0.5) is 18.9 Å². The molecule has 2 aliphatic rings. The molecule has 2 heterocycles. The van der Waals surface area contributed by atoms with Gasteiger partial charge in [-0.05, 0) is 48.9 Å². The number of carbonyl (C=O) groups excluding carboxylic acids is 2. The third kappa shape index (κ3) is 4.60. The number of nitrogens with one attached hydrogen (secondary N) is 1. The Morgan fingerprint density at radius 2 is 1.74 bits per heavy atom. The quantitative estimate of drug-likeness (QED) is 0.701. The van der Waals surface area contributed by atoms with Crippen molar-refractivity contribution in [1.82, 2.24) is 9.21 Å². The van der Waals surface area contributed by atoms with E-state index >= 15 is 0 Å². The molecule has 2 aromatic carbocycles. The van der Waals surface area contributed by atoms with E-state index in [1.165, 1.54) is 27.4 Å². The topological polar surface area (TPSA) is 96.0 Å². The molecule has 0 unspecified atom stereocenters. The number of hydrogen-bond donors (Lipinski definition) is 1. The minimum atomic E-state index is -4.50. The molecule has 1 atom stereocenters. The van der Waals surface area contributed by atoms with Gasteiger partial charge in [0.05, 0.1) is 16.1 Å².